The van der Waals surface area contributed by atoms with Crippen LogP contribution in [0.15, 0.2) is 34.6 Å². The minimum absolute atomic E-state index is 0.144. The highest BCUT2D eigenvalue weighted by atomic mass is 32.2. The molecule has 2 heterocycles. The van der Waals surface area contributed by atoms with Gasteiger partial charge in [-0.1, -0.05) is 36.1 Å². The van der Waals surface area contributed by atoms with Gasteiger partial charge in [0.1, 0.15) is 16.7 Å². The van der Waals surface area contributed by atoms with E-state index in [1.165, 1.54) is 11.8 Å². The van der Waals surface area contributed by atoms with Gasteiger partial charge in [-0.3, -0.25) is 4.79 Å². The molecule has 1 N–H and O–H groups in total. The van der Waals surface area contributed by atoms with Gasteiger partial charge in [0, 0.05) is 5.38 Å². The number of carbonyl (C=O) groups is 1. The highest BCUT2D eigenvalue weighted by Crippen LogP contribution is 2.26. The zero-order chi connectivity index (χ0) is 15.5. The first-order valence-corrected chi connectivity index (χ1v) is 8.59. The number of thiazole rings is 1. The van der Waals surface area contributed by atoms with Gasteiger partial charge in [-0.2, -0.15) is 0 Å². The molecular formula is C15H12N2O2S3. The molecule has 7 heteroatoms. The first-order valence-electron chi connectivity index (χ1n) is 6.49. The summed E-state index contributed by atoms with van der Waals surface area (Å²) in [6, 6.07) is 7.57. The average molecular weight is 348 g/mol. The summed E-state index contributed by atoms with van der Waals surface area (Å²) >= 11 is 7.84. The van der Waals surface area contributed by atoms with E-state index in [0.717, 1.165) is 22.0 Å². The number of carbonyl (C=O) groups excluding carboxylic acids is 1. The van der Waals surface area contributed by atoms with E-state index in [-0.39, 0.29) is 5.91 Å². The van der Waals surface area contributed by atoms with E-state index in [2.05, 4.69) is 10.3 Å². The second-order valence-corrected chi connectivity index (χ2v) is 7.35. The Morgan fingerprint density at radius 2 is 2.14 bits per heavy atom. The van der Waals surface area contributed by atoms with Crippen molar-refractivity contribution >= 4 is 51.6 Å². The molecule has 0 saturated carbocycles. The summed E-state index contributed by atoms with van der Waals surface area (Å²) in [7, 11) is 0. The third-order valence-corrected chi connectivity index (χ3v) is 4.86. The molecule has 1 fully saturated rings. The van der Waals surface area contributed by atoms with Crippen molar-refractivity contribution in [3.63, 3.8) is 0 Å². The van der Waals surface area contributed by atoms with Crippen LogP contribution in [-0.2, 0) is 11.4 Å². The number of thioether (sulfide) groups is 1. The standard InChI is InChI=1S/C15H12N2O2S3/c1-9-16-11(8-21-9)7-19-12-4-2-10(3-5-12)6-13-14(18)17-15(20)22-13/h2-6,8H,7H2,1H3,(H,17,18,20)/b13-6+. The van der Waals surface area contributed by atoms with Crippen molar-refractivity contribution in [2.45, 2.75) is 13.5 Å². The summed E-state index contributed by atoms with van der Waals surface area (Å²) in [5, 5.41) is 5.62. The molecule has 1 saturated heterocycles. The van der Waals surface area contributed by atoms with Gasteiger partial charge in [-0.15, -0.1) is 11.3 Å². The molecule has 22 heavy (non-hydrogen) atoms. The molecule has 3 rings (SSSR count). The zero-order valence-electron chi connectivity index (χ0n) is 11.7. The van der Waals surface area contributed by atoms with E-state index in [1.807, 2.05) is 42.6 Å². The molecule has 0 aliphatic carbocycles. The van der Waals surface area contributed by atoms with Crippen LogP contribution in [0, 0.1) is 6.92 Å². The Bertz CT molecular complexity index is 750. The van der Waals surface area contributed by atoms with Gasteiger partial charge in [0.2, 0.25) is 0 Å². The van der Waals surface area contributed by atoms with Gasteiger partial charge in [-0.25, -0.2) is 4.98 Å². The molecule has 1 aromatic carbocycles. The maximum atomic E-state index is 11.6. The molecule has 0 radical (unpaired) electrons. The Morgan fingerprint density at radius 1 is 1.36 bits per heavy atom. The van der Waals surface area contributed by atoms with Gasteiger partial charge in [0.25, 0.3) is 5.91 Å². The van der Waals surface area contributed by atoms with Gasteiger partial charge in [-0.05, 0) is 30.7 Å². The first-order chi connectivity index (χ1) is 10.6. The summed E-state index contributed by atoms with van der Waals surface area (Å²) < 4.78 is 6.18. The Morgan fingerprint density at radius 3 is 2.73 bits per heavy atom. The maximum absolute atomic E-state index is 11.6. The average Bonchev–Trinajstić information content (AvgIpc) is 3.04. The zero-order valence-corrected chi connectivity index (χ0v) is 14.1. The van der Waals surface area contributed by atoms with Crippen LogP contribution in [-0.4, -0.2) is 15.2 Å². The van der Waals surface area contributed by atoms with Crippen LogP contribution in [0.3, 0.4) is 0 Å². The van der Waals surface area contributed by atoms with Gasteiger partial charge < -0.3 is 10.1 Å². The molecular weight excluding hydrogens is 336 g/mol. The predicted octanol–water partition coefficient (Wildman–Crippen LogP) is 3.52. The highest BCUT2D eigenvalue weighted by molar-refractivity contribution is 8.26. The van der Waals surface area contributed by atoms with E-state index in [4.69, 9.17) is 17.0 Å². The lowest BCUT2D eigenvalue weighted by Crippen LogP contribution is -2.17. The molecule has 0 atom stereocenters. The number of benzene rings is 1. The number of nitrogens with zero attached hydrogens (tertiary/aromatic N) is 1. The van der Waals surface area contributed by atoms with Crippen LogP contribution in [0.25, 0.3) is 6.08 Å². The lowest BCUT2D eigenvalue weighted by Gasteiger charge is -2.04. The van der Waals surface area contributed by atoms with Crippen LogP contribution >= 0.6 is 35.3 Å². The third-order valence-electron chi connectivity index (χ3n) is 2.87. The fraction of sp³-hybridized carbons (Fsp3) is 0.133. The third kappa shape index (κ3) is 3.73. The summed E-state index contributed by atoms with van der Waals surface area (Å²) in [6.07, 6.45) is 1.81. The Balaban J connectivity index is 1.64. The lowest BCUT2D eigenvalue weighted by molar-refractivity contribution is -0.115. The van der Waals surface area contributed by atoms with E-state index in [9.17, 15) is 4.79 Å². The number of amides is 1. The van der Waals surface area contributed by atoms with Crippen molar-refractivity contribution in [2.75, 3.05) is 0 Å². The molecule has 1 aliphatic rings. The molecule has 1 amide bonds. The second-order valence-electron chi connectivity index (χ2n) is 4.57. The van der Waals surface area contributed by atoms with Crippen LogP contribution in [0.5, 0.6) is 5.75 Å². The summed E-state index contributed by atoms with van der Waals surface area (Å²) in [5.74, 6) is 0.626. The fourth-order valence-corrected chi connectivity index (χ4v) is 3.51. The number of aryl methyl sites for hydroxylation is 1. The molecule has 1 aromatic heterocycles. The largest absolute Gasteiger partial charge is 0.487 e. The van der Waals surface area contributed by atoms with Crippen LogP contribution in [0.2, 0.25) is 0 Å². The normalized spacial score (nSPS) is 16.1. The van der Waals surface area contributed by atoms with Crippen LogP contribution in [0.4, 0.5) is 0 Å². The predicted molar refractivity (Wildman–Crippen MR) is 93.9 cm³/mol. The number of thiocarbonyl (C=S) groups is 1. The lowest BCUT2D eigenvalue weighted by atomic mass is 10.2. The quantitative estimate of drug-likeness (QED) is 0.677. The topological polar surface area (TPSA) is 51.2 Å². The molecule has 4 nitrogen and oxygen atoms in total. The minimum atomic E-state index is -0.144. The van der Waals surface area contributed by atoms with E-state index in [1.54, 1.807) is 11.3 Å². The first kappa shape index (κ1) is 15.2. The van der Waals surface area contributed by atoms with Crippen molar-refractivity contribution in [1.29, 1.82) is 0 Å². The van der Waals surface area contributed by atoms with Crippen molar-refractivity contribution < 1.29 is 9.53 Å². The number of hydrogen-bond donors (Lipinski definition) is 1. The summed E-state index contributed by atoms with van der Waals surface area (Å²) in [4.78, 5) is 16.6. The summed E-state index contributed by atoms with van der Waals surface area (Å²) in [5.41, 5.74) is 1.86. The highest BCUT2D eigenvalue weighted by Gasteiger charge is 2.21. The number of nitrogens with one attached hydrogen (secondary N) is 1. The molecule has 0 spiro atoms. The van der Waals surface area contributed by atoms with Gasteiger partial charge in [0.15, 0.2) is 0 Å². The molecule has 0 unspecified atom stereocenters. The molecule has 112 valence electrons. The monoisotopic (exact) mass is 348 g/mol. The number of ether oxygens (including phenoxy) is 1. The number of aromatic nitrogens is 1. The van der Waals surface area contributed by atoms with Crippen LogP contribution < -0.4 is 10.1 Å². The Kier molecular flexibility index (Phi) is 4.56. The molecule has 0 bridgehead atoms. The van der Waals surface area contributed by atoms with Crippen LogP contribution in [0.1, 0.15) is 16.3 Å². The molecule has 1 aliphatic heterocycles. The van der Waals surface area contributed by atoms with Crippen molar-refractivity contribution in [2.24, 2.45) is 0 Å². The Hall–Kier alpha value is -1.70. The number of rotatable bonds is 4. The summed E-state index contributed by atoms with van der Waals surface area (Å²) in [6.45, 7) is 2.43. The van der Waals surface area contributed by atoms with Gasteiger partial charge in [0.05, 0.1) is 15.6 Å². The van der Waals surface area contributed by atoms with Crippen molar-refractivity contribution in [1.82, 2.24) is 10.3 Å². The SMILES string of the molecule is Cc1nc(COc2ccc(/C=C3/SC(=S)NC3=O)cc2)cs1. The van der Waals surface area contributed by atoms with E-state index in [0.29, 0.717) is 15.8 Å². The smallest absolute Gasteiger partial charge is 0.263 e. The fourth-order valence-electron chi connectivity index (χ4n) is 1.86. The van der Waals surface area contributed by atoms with Crippen molar-refractivity contribution in [3.8, 4) is 5.75 Å². The second kappa shape index (κ2) is 6.60. The van der Waals surface area contributed by atoms with Crippen molar-refractivity contribution in [3.05, 3.63) is 50.8 Å². The molecule has 2 aromatic rings. The van der Waals surface area contributed by atoms with E-state index >= 15 is 0 Å². The maximum Gasteiger partial charge on any atom is 0.263 e. The number of hydrogen-bond acceptors (Lipinski definition) is 6. The Labute approximate surface area is 141 Å². The van der Waals surface area contributed by atoms with E-state index < -0.39 is 0 Å². The van der Waals surface area contributed by atoms with Gasteiger partial charge >= 0.3 is 0 Å². The minimum Gasteiger partial charge on any atom is -0.487 e.